The van der Waals surface area contributed by atoms with Gasteiger partial charge in [-0.05, 0) is 30.3 Å². The van der Waals surface area contributed by atoms with Gasteiger partial charge in [0, 0.05) is 6.07 Å². The molecule has 18 heavy (non-hydrogen) atoms. The summed E-state index contributed by atoms with van der Waals surface area (Å²) in [5, 5.41) is 9.21. The highest BCUT2D eigenvalue weighted by Crippen LogP contribution is 2.33. The maximum absolute atomic E-state index is 12.5. The SMILES string of the molecule is Oc1cccc(Oc2cccc(C(F)(F)F)c2)c1. The van der Waals surface area contributed by atoms with E-state index in [-0.39, 0.29) is 17.2 Å². The summed E-state index contributed by atoms with van der Waals surface area (Å²) >= 11 is 0. The molecule has 0 aliphatic rings. The van der Waals surface area contributed by atoms with E-state index in [0.29, 0.717) is 0 Å². The average Bonchev–Trinajstić information content (AvgIpc) is 2.28. The molecule has 0 spiro atoms. The third kappa shape index (κ3) is 2.94. The second kappa shape index (κ2) is 4.60. The molecular weight excluding hydrogens is 245 g/mol. The number of halogens is 3. The molecule has 94 valence electrons. The van der Waals surface area contributed by atoms with E-state index in [2.05, 4.69) is 0 Å². The van der Waals surface area contributed by atoms with Gasteiger partial charge in [-0.1, -0.05) is 12.1 Å². The van der Waals surface area contributed by atoms with Crippen molar-refractivity contribution in [2.24, 2.45) is 0 Å². The van der Waals surface area contributed by atoms with Crippen molar-refractivity contribution >= 4 is 0 Å². The lowest BCUT2D eigenvalue weighted by atomic mass is 10.2. The molecule has 0 unspecified atom stereocenters. The van der Waals surface area contributed by atoms with Gasteiger partial charge in [0.1, 0.15) is 17.2 Å². The number of aromatic hydroxyl groups is 1. The molecule has 0 aliphatic heterocycles. The largest absolute Gasteiger partial charge is 0.508 e. The predicted octanol–water partition coefficient (Wildman–Crippen LogP) is 4.20. The van der Waals surface area contributed by atoms with Crippen molar-refractivity contribution < 1.29 is 23.0 Å². The minimum atomic E-state index is -4.40. The fourth-order valence-electron chi connectivity index (χ4n) is 1.42. The molecule has 0 saturated heterocycles. The van der Waals surface area contributed by atoms with Crippen LogP contribution in [0, 0.1) is 0 Å². The smallest absolute Gasteiger partial charge is 0.416 e. The van der Waals surface area contributed by atoms with E-state index in [1.54, 1.807) is 6.07 Å². The number of rotatable bonds is 2. The van der Waals surface area contributed by atoms with Crippen molar-refractivity contribution in [1.82, 2.24) is 0 Å². The number of hydrogen-bond donors (Lipinski definition) is 1. The Balaban J connectivity index is 2.25. The van der Waals surface area contributed by atoms with E-state index in [4.69, 9.17) is 4.74 Å². The number of phenols is 1. The third-order valence-corrected chi connectivity index (χ3v) is 2.21. The van der Waals surface area contributed by atoms with Crippen LogP contribution in [0.25, 0.3) is 0 Å². The Hall–Kier alpha value is -2.17. The molecule has 0 saturated carbocycles. The quantitative estimate of drug-likeness (QED) is 0.870. The lowest BCUT2D eigenvalue weighted by Crippen LogP contribution is -2.04. The average molecular weight is 254 g/mol. The fourth-order valence-corrected chi connectivity index (χ4v) is 1.42. The highest BCUT2D eigenvalue weighted by molar-refractivity contribution is 5.37. The third-order valence-electron chi connectivity index (χ3n) is 2.21. The molecule has 5 heteroatoms. The molecule has 2 nitrogen and oxygen atoms in total. The van der Waals surface area contributed by atoms with Crippen LogP contribution >= 0.6 is 0 Å². The van der Waals surface area contributed by atoms with Crippen LogP contribution in [0.5, 0.6) is 17.2 Å². The summed E-state index contributed by atoms with van der Waals surface area (Å²) in [5.74, 6) is 0.323. The van der Waals surface area contributed by atoms with Gasteiger partial charge in [0.15, 0.2) is 0 Å². The van der Waals surface area contributed by atoms with Crippen LogP contribution in [0.15, 0.2) is 48.5 Å². The van der Waals surface area contributed by atoms with Crippen molar-refractivity contribution in [3.63, 3.8) is 0 Å². The summed E-state index contributed by atoms with van der Waals surface area (Å²) in [6.07, 6.45) is -4.40. The van der Waals surface area contributed by atoms with Gasteiger partial charge in [-0.2, -0.15) is 13.2 Å². The van der Waals surface area contributed by atoms with Gasteiger partial charge >= 0.3 is 6.18 Å². The molecule has 0 bridgehead atoms. The summed E-state index contributed by atoms with van der Waals surface area (Å²) in [4.78, 5) is 0. The summed E-state index contributed by atoms with van der Waals surface area (Å²) in [6, 6.07) is 10.4. The maximum atomic E-state index is 12.5. The zero-order chi connectivity index (χ0) is 13.2. The molecule has 2 aromatic rings. The Bertz CT molecular complexity index is 550. The lowest BCUT2D eigenvalue weighted by Gasteiger charge is -2.10. The van der Waals surface area contributed by atoms with Gasteiger partial charge in [0.2, 0.25) is 0 Å². The normalized spacial score (nSPS) is 11.3. The summed E-state index contributed by atoms with van der Waals surface area (Å²) < 4.78 is 42.7. The Morgan fingerprint density at radius 1 is 0.889 bits per heavy atom. The van der Waals surface area contributed by atoms with Crippen LogP contribution < -0.4 is 4.74 Å². The molecule has 0 fully saturated rings. The number of phenolic OH excluding ortho intramolecular Hbond substituents is 1. The van der Waals surface area contributed by atoms with Crippen LogP contribution in [0.4, 0.5) is 13.2 Å². The van der Waals surface area contributed by atoms with Crippen molar-refractivity contribution in [3.05, 3.63) is 54.1 Å². The highest BCUT2D eigenvalue weighted by atomic mass is 19.4. The van der Waals surface area contributed by atoms with Crippen molar-refractivity contribution in [1.29, 1.82) is 0 Å². The van der Waals surface area contributed by atoms with Gasteiger partial charge in [-0.3, -0.25) is 0 Å². The molecule has 0 radical (unpaired) electrons. The van der Waals surface area contributed by atoms with E-state index >= 15 is 0 Å². The first kappa shape index (κ1) is 12.3. The topological polar surface area (TPSA) is 29.5 Å². The molecule has 2 aromatic carbocycles. The molecule has 0 aliphatic carbocycles. The minimum Gasteiger partial charge on any atom is -0.508 e. The predicted molar refractivity (Wildman–Crippen MR) is 59.6 cm³/mol. The standard InChI is InChI=1S/C13H9F3O2/c14-13(15,16)9-3-1-5-11(7-9)18-12-6-2-4-10(17)8-12/h1-8,17H. The number of ether oxygens (including phenoxy) is 1. The summed E-state index contributed by atoms with van der Waals surface area (Å²) in [5.41, 5.74) is -0.778. The van der Waals surface area contributed by atoms with Crippen molar-refractivity contribution in [2.75, 3.05) is 0 Å². The Kier molecular flexibility index (Phi) is 3.14. The van der Waals surface area contributed by atoms with Gasteiger partial charge in [-0.25, -0.2) is 0 Å². The zero-order valence-corrected chi connectivity index (χ0v) is 9.11. The van der Waals surface area contributed by atoms with Crippen molar-refractivity contribution in [3.8, 4) is 17.2 Å². The molecule has 0 atom stereocenters. The van der Waals surface area contributed by atoms with Gasteiger partial charge in [-0.15, -0.1) is 0 Å². The second-order valence-corrected chi connectivity index (χ2v) is 3.63. The summed E-state index contributed by atoms with van der Waals surface area (Å²) in [6.45, 7) is 0. The van der Waals surface area contributed by atoms with Gasteiger partial charge in [0.25, 0.3) is 0 Å². The first-order valence-corrected chi connectivity index (χ1v) is 5.09. The number of benzene rings is 2. The molecular formula is C13H9F3O2. The number of alkyl halides is 3. The summed E-state index contributed by atoms with van der Waals surface area (Å²) in [7, 11) is 0. The van der Waals surface area contributed by atoms with E-state index in [1.807, 2.05) is 0 Å². The fraction of sp³-hybridized carbons (Fsp3) is 0.0769. The van der Waals surface area contributed by atoms with Crippen LogP contribution in [-0.4, -0.2) is 5.11 Å². The van der Waals surface area contributed by atoms with E-state index in [9.17, 15) is 18.3 Å². The highest BCUT2D eigenvalue weighted by Gasteiger charge is 2.30. The van der Waals surface area contributed by atoms with E-state index in [0.717, 1.165) is 12.1 Å². The van der Waals surface area contributed by atoms with E-state index < -0.39 is 11.7 Å². The Morgan fingerprint density at radius 2 is 1.50 bits per heavy atom. The number of hydrogen-bond acceptors (Lipinski definition) is 2. The van der Waals surface area contributed by atoms with Gasteiger partial charge in [0.05, 0.1) is 5.56 Å². The Labute approximate surface area is 101 Å². The molecule has 0 aromatic heterocycles. The first-order chi connectivity index (χ1) is 8.45. The van der Waals surface area contributed by atoms with Crippen LogP contribution in [0.3, 0.4) is 0 Å². The first-order valence-electron chi connectivity index (χ1n) is 5.09. The van der Waals surface area contributed by atoms with Crippen LogP contribution in [0.1, 0.15) is 5.56 Å². The van der Waals surface area contributed by atoms with Crippen LogP contribution in [-0.2, 0) is 6.18 Å². The van der Waals surface area contributed by atoms with Crippen LogP contribution in [0.2, 0.25) is 0 Å². The monoisotopic (exact) mass is 254 g/mol. The minimum absolute atomic E-state index is 0.0144. The molecule has 2 rings (SSSR count). The molecule has 0 heterocycles. The Morgan fingerprint density at radius 3 is 2.11 bits per heavy atom. The maximum Gasteiger partial charge on any atom is 0.416 e. The van der Waals surface area contributed by atoms with Crippen molar-refractivity contribution in [2.45, 2.75) is 6.18 Å². The van der Waals surface area contributed by atoms with Gasteiger partial charge < -0.3 is 9.84 Å². The lowest BCUT2D eigenvalue weighted by molar-refractivity contribution is -0.137. The molecule has 0 amide bonds. The second-order valence-electron chi connectivity index (χ2n) is 3.63. The molecule has 1 N–H and O–H groups in total. The zero-order valence-electron chi connectivity index (χ0n) is 9.11. The van der Waals surface area contributed by atoms with E-state index in [1.165, 1.54) is 30.3 Å².